The predicted molar refractivity (Wildman–Crippen MR) is 301 cm³/mol. The zero-order valence-electron chi connectivity index (χ0n) is 40.6. The fourth-order valence-electron chi connectivity index (χ4n) is 8.11. The van der Waals surface area contributed by atoms with Gasteiger partial charge in [-0.15, -0.1) is 0 Å². The molecule has 8 aromatic rings. The fraction of sp³-hybridized carbons (Fsp3) is 0.143. The molecule has 3 aliphatic rings. The van der Waals surface area contributed by atoms with Crippen molar-refractivity contribution in [3.05, 3.63) is 217 Å². The molecule has 2 amide bonds. The lowest BCUT2D eigenvalue weighted by Gasteiger charge is -2.17. The van der Waals surface area contributed by atoms with E-state index in [4.69, 9.17) is 57.1 Å². The van der Waals surface area contributed by atoms with Crippen LogP contribution in [0.1, 0.15) is 68.7 Å². The minimum atomic E-state index is -0.372. The Hall–Kier alpha value is -7.92. The van der Waals surface area contributed by atoms with Crippen LogP contribution in [0, 0.1) is 0 Å². The molecule has 380 valence electrons. The van der Waals surface area contributed by atoms with Gasteiger partial charge in [0.1, 0.15) is 6.54 Å². The Morgan fingerprint density at radius 2 is 1.16 bits per heavy atom. The summed E-state index contributed by atoms with van der Waals surface area (Å²) in [6.07, 6.45) is 8.54. The monoisotopic (exact) mass is 1080 g/mol. The lowest BCUT2D eigenvalue weighted by atomic mass is 9.98. The summed E-state index contributed by atoms with van der Waals surface area (Å²) < 4.78 is 0. The SMILES string of the molecule is CCC1=Nc2ccc(Cl)cc2C(c2ccc[nH]2)=NC1.CN1C(=O)CN=C(c2ccc[nH]2)c2cc(Cl)ccc21.NCC(=O)Nc1ccc(Cl)cc1C(=O)c1ccc[nH]1.O=C1CN=C(c2ccc[nH]2)c2cc(Cl)ccc2C1. The minimum Gasteiger partial charge on any atom is -0.360 e. The number of halogens is 4. The Labute approximate surface area is 452 Å². The van der Waals surface area contributed by atoms with E-state index in [1.165, 1.54) is 6.07 Å². The van der Waals surface area contributed by atoms with Crippen molar-refractivity contribution in [2.24, 2.45) is 25.7 Å². The summed E-state index contributed by atoms with van der Waals surface area (Å²) >= 11 is 24.1. The van der Waals surface area contributed by atoms with Gasteiger partial charge in [0.15, 0.2) is 5.78 Å². The highest BCUT2D eigenvalue weighted by molar-refractivity contribution is 6.33. The highest BCUT2D eigenvalue weighted by Crippen LogP contribution is 2.31. The van der Waals surface area contributed by atoms with Crippen LogP contribution in [0.25, 0.3) is 0 Å². The van der Waals surface area contributed by atoms with E-state index >= 15 is 0 Å². The van der Waals surface area contributed by atoms with Gasteiger partial charge in [0, 0.05) is 86.3 Å². The number of likely N-dealkylation sites (N-methyl/N-ethyl adjacent to an activating group) is 1. The number of carbonyl (C=O) groups excluding carboxylic acids is 4. The number of amides is 2. The number of anilines is 2. The molecule has 0 bridgehead atoms. The Morgan fingerprint density at radius 3 is 1.77 bits per heavy atom. The maximum absolute atomic E-state index is 12.3. The van der Waals surface area contributed by atoms with Gasteiger partial charge in [-0.05, 0) is 127 Å². The lowest BCUT2D eigenvalue weighted by molar-refractivity contribution is -0.117. The van der Waals surface area contributed by atoms with Gasteiger partial charge >= 0.3 is 0 Å². The maximum Gasteiger partial charge on any atom is 0.248 e. The van der Waals surface area contributed by atoms with Gasteiger partial charge in [-0.3, -0.25) is 39.1 Å². The third-order valence-electron chi connectivity index (χ3n) is 11.9. The van der Waals surface area contributed by atoms with Crippen molar-refractivity contribution >= 4 is 110 Å². The number of H-pyrrole nitrogens is 4. The average Bonchev–Trinajstić information content (AvgIpc) is 4.28. The number of hydrogen-bond acceptors (Lipinski definition) is 9. The molecule has 7 heterocycles. The number of nitrogens with one attached hydrogen (secondary N) is 5. The van der Waals surface area contributed by atoms with Crippen molar-refractivity contribution in [1.29, 1.82) is 0 Å². The summed E-state index contributed by atoms with van der Waals surface area (Å²) in [5.74, 6) is -0.534. The molecule has 0 unspecified atom stereocenters. The van der Waals surface area contributed by atoms with E-state index in [-0.39, 0.29) is 43.0 Å². The van der Waals surface area contributed by atoms with E-state index in [2.05, 4.69) is 47.2 Å². The van der Waals surface area contributed by atoms with E-state index in [9.17, 15) is 19.2 Å². The van der Waals surface area contributed by atoms with Gasteiger partial charge in [-0.25, -0.2) is 0 Å². The molecule has 11 rings (SSSR count). The molecule has 3 aliphatic heterocycles. The molecule has 0 aliphatic carbocycles. The molecule has 0 saturated carbocycles. The topological polar surface area (TPSA) is 222 Å². The number of carbonyl (C=O) groups is 4. The van der Waals surface area contributed by atoms with Crippen molar-refractivity contribution < 1.29 is 19.2 Å². The molecule has 0 radical (unpaired) electrons. The molecule has 7 N–H and O–H groups in total. The van der Waals surface area contributed by atoms with Crippen LogP contribution in [0.3, 0.4) is 0 Å². The number of benzene rings is 4. The molecule has 0 saturated heterocycles. The smallest absolute Gasteiger partial charge is 0.248 e. The molecular formula is C56H49Cl4N11O4. The van der Waals surface area contributed by atoms with Crippen LogP contribution in [0.5, 0.6) is 0 Å². The number of rotatable bonds is 8. The fourth-order valence-corrected chi connectivity index (χ4v) is 8.80. The van der Waals surface area contributed by atoms with Gasteiger partial charge in [0.05, 0.1) is 76.6 Å². The van der Waals surface area contributed by atoms with Crippen LogP contribution >= 0.6 is 46.4 Å². The van der Waals surface area contributed by atoms with Crippen molar-refractivity contribution in [2.45, 2.75) is 19.8 Å². The molecule has 0 fully saturated rings. The van der Waals surface area contributed by atoms with Gasteiger partial charge in [0.25, 0.3) is 0 Å². The zero-order valence-corrected chi connectivity index (χ0v) is 43.6. The van der Waals surface area contributed by atoms with Gasteiger partial charge < -0.3 is 35.9 Å². The Balaban J connectivity index is 0.000000133. The highest BCUT2D eigenvalue weighted by Gasteiger charge is 2.24. The van der Waals surface area contributed by atoms with E-state index in [0.29, 0.717) is 50.0 Å². The first kappa shape index (κ1) is 53.4. The Bertz CT molecular complexity index is 3470. The Morgan fingerprint density at radius 1 is 0.627 bits per heavy atom. The summed E-state index contributed by atoms with van der Waals surface area (Å²) in [6, 6.07) is 36.5. The standard InChI is InChI=1S/C15H14ClN3.C14H12ClN3O.C14H11ClN2O.C13H12ClN3O2/c1-2-11-9-18-15(14-4-3-7-17-14)12-8-10(16)5-6-13(12)19-11;1-18-12-5-4-9(15)7-10(12)14(17-8-13(18)19)11-3-2-6-16-11;15-10-4-3-9-6-11(18)8-17-14(12(9)7-10)13-2-1-5-16-13;14-8-3-4-10(17-12(18)7-15)9(6-8)13(19)11-2-1-5-16-11/h3-8,17H,2,9H2,1H3;2-7,16H,8H2,1H3;1-5,7,16H,6,8H2;1-6,16H,7,15H2,(H,17,18). The molecular weight excluding hydrogens is 1030 g/mol. The molecule has 0 atom stereocenters. The van der Waals surface area contributed by atoms with E-state index in [1.807, 2.05) is 104 Å². The van der Waals surface area contributed by atoms with E-state index in [1.54, 1.807) is 48.5 Å². The number of nitrogens with two attached hydrogens (primary N) is 1. The number of benzodiazepines with no additional fused rings is 1. The van der Waals surface area contributed by atoms with Crippen molar-refractivity contribution in [3.8, 4) is 0 Å². The summed E-state index contributed by atoms with van der Waals surface area (Å²) in [5.41, 5.74) is 18.3. The van der Waals surface area contributed by atoms with Gasteiger partial charge in [0.2, 0.25) is 17.6 Å². The summed E-state index contributed by atoms with van der Waals surface area (Å²) in [5, 5.41) is 4.97. The third-order valence-corrected chi connectivity index (χ3v) is 12.8. The van der Waals surface area contributed by atoms with Crippen molar-refractivity contribution in [3.63, 3.8) is 0 Å². The van der Waals surface area contributed by atoms with Crippen LogP contribution in [0.15, 0.2) is 166 Å². The van der Waals surface area contributed by atoms with Crippen molar-refractivity contribution in [2.75, 3.05) is 43.4 Å². The van der Waals surface area contributed by atoms with Gasteiger partial charge in [-0.2, -0.15) is 0 Å². The minimum absolute atomic E-state index is 0.0369. The predicted octanol–water partition coefficient (Wildman–Crippen LogP) is 10.9. The highest BCUT2D eigenvalue weighted by atomic mass is 35.5. The van der Waals surface area contributed by atoms with Crippen LogP contribution in [0.2, 0.25) is 20.1 Å². The summed E-state index contributed by atoms with van der Waals surface area (Å²) in [7, 11) is 1.75. The largest absolute Gasteiger partial charge is 0.360 e. The van der Waals surface area contributed by atoms with Gasteiger partial charge in [-0.1, -0.05) is 59.4 Å². The first-order chi connectivity index (χ1) is 36.3. The normalized spacial score (nSPS) is 13.6. The summed E-state index contributed by atoms with van der Waals surface area (Å²) in [6.45, 7) is 2.94. The number of aromatic amines is 4. The number of fused-ring (bicyclic) bond motifs is 3. The van der Waals surface area contributed by atoms with Crippen LogP contribution < -0.4 is 16.0 Å². The quantitative estimate of drug-likeness (QED) is 0.0815. The first-order valence-corrected chi connectivity index (χ1v) is 25.1. The lowest BCUT2D eigenvalue weighted by Crippen LogP contribution is -2.27. The number of ketones is 2. The van der Waals surface area contributed by atoms with E-state index in [0.717, 1.165) is 80.0 Å². The zero-order chi connectivity index (χ0) is 53.0. The molecule has 4 aromatic heterocycles. The Kier molecular flexibility index (Phi) is 17.7. The number of hydrogen-bond donors (Lipinski definition) is 6. The third kappa shape index (κ3) is 13.3. The van der Waals surface area contributed by atoms with Crippen LogP contribution in [-0.2, 0) is 20.8 Å². The van der Waals surface area contributed by atoms with Crippen LogP contribution in [-0.4, -0.2) is 99.4 Å². The van der Waals surface area contributed by atoms with Crippen LogP contribution in [0.4, 0.5) is 17.1 Å². The number of nitrogens with zero attached hydrogens (tertiary/aromatic N) is 5. The second kappa shape index (κ2) is 24.9. The summed E-state index contributed by atoms with van der Waals surface area (Å²) in [4.78, 5) is 79.4. The molecule has 19 heteroatoms. The maximum atomic E-state index is 12.3. The van der Waals surface area contributed by atoms with Crippen molar-refractivity contribution in [1.82, 2.24) is 19.9 Å². The molecule has 0 spiro atoms. The first-order valence-electron chi connectivity index (χ1n) is 23.6. The number of aromatic nitrogens is 4. The second-order valence-electron chi connectivity index (χ2n) is 16.9. The molecule has 4 aromatic carbocycles. The second-order valence-corrected chi connectivity index (χ2v) is 18.7. The number of Topliss-reactive ketones (excluding diaryl/α,β-unsaturated/α-hetero) is 1. The average molecular weight is 1080 g/mol. The molecule has 15 nitrogen and oxygen atoms in total. The van der Waals surface area contributed by atoms with E-state index < -0.39 is 0 Å². The number of aliphatic imine (C=N–C) groups is 4. The molecule has 75 heavy (non-hydrogen) atoms.